The first kappa shape index (κ1) is 16.2. The van der Waals surface area contributed by atoms with E-state index in [0.717, 1.165) is 31.4 Å². The van der Waals surface area contributed by atoms with Gasteiger partial charge in [0.1, 0.15) is 27.9 Å². The summed E-state index contributed by atoms with van der Waals surface area (Å²) in [5.41, 5.74) is -0.199. The van der Waals surface area contributed by atoms with Gasteiger partial charge < -0.3 is 4.43 Å². The van der Waals surface area contributed by atoms with E-state index in [9.17, 15) is 13.2 Å². The molecule has 0 N–H and O–H groups in total. The van der Waals surface area contributed by atoms with Crippen molar-refractivity contribution >= 4 is 10.5 Å². The maximum Gasteiger partial charge on any atom is 0.146 e. The average Bonchev–Trinajstić information content (AvgIpc) is 2.38. The number of rotatable bonds is 7. The van der Waals surface area contributed by atoms with Crippen molar-refractivity contribution in [3.63, 3.8) is 0 Å². The van der Waals surface area contributed by atoms with Crippen LogP contribution in [0.2, 0.25) is 0 Å². The molecule has 0 saturated carbocycles. The van der Waals surface area contributed by atoms with Crippen LogP contribution in [0.25, 0.3) is 0 Å². The summed E-state index contributed by atoms with van der Waals surface area (Å²) in [6.07, 6.45) is 3.44. The summed E-state index contributed by atoms with van der Waals surface area (Å²) in [5.74, 6) is -2.48. The van der Waals surface area contributed by atoms with Gasteiger partial charge in [0.25, 0.3) is 0 Å². The van der Waals surface area contributed by atoms with Gasteiger partial charge in [-0.05, 0) is 32.1 Å². The molecule has 108 valence electrons. The monoisotopic (exact) mass is 290 g/mol. The van der Waals surface area contributed by atoms with Crippen molar-refractivity contribution in [2.45, 2.75) is 51.6 Å². The van der Waals surface area contributed by atoms with E-state index in [2.05, 4.69) is 13.8 Å². The summed E-state index contributed by atoms with van der Waals surface area (Å²) in [7, 11) is 0.650. The minimum absolute atomic E-state index is 0.0316. The molecule has 19 heavy (non-hydrogen) atoms. The van der Waals surface area contributed by atoms with Crippen LogP contribution in [0.5, 0.6) is 0 Å². The van der Waals surface area contributed by atoms with E-state index in [1.807, 2.05) is 0 Å². The SMILES string of the molecule is CCC(CC)(CCCc1c(F)cc(F)cc1F)O[SiH3]. The van der Waals surface area contributed by atoms with E-state index in [1.54, 1.807) is 0 Å². The maximum absolute atomic E-state index is 13.5. The van der Waals surface area contributed by atoms with Gasteiger partial charge in [-0.25, -0.2) is 13.2 Å². The van der Waals surface area contributed by atoms with Gasteiger partial charge >= 0.3 is 0 Å². The van der Waals surface area contributed by atoms with Crippen LogP contribution >= 0.6 is 0 Å². The second kappa shape index (κ2) is 7.10. The molecule has 1 nitrogen and oxygen atoms in total. The Morgan fingerprint density at radius 3 is 2.05 bits per heavy atom. The number of benzene rings is 1. The molecule has 1 aromatic rings. The fourth-order valence-electron chi connectivity index (χ4n) is 2.39. The van der Waals surface area contributed by atoms with Crippen LogP contribution in [0.4, 0.5) is 13.2 Å². The van der Waals surface area contributed by atoms with Crippen molar-refractivity contribution < 1.29 is 17.6 Å². The van der Waals surface area contributed by atoms with Crippen molar-refractivity contribution in [2.75, 3.05) is 0 Å². The van der Waals surface area contributed by atoms with E-state index in [1.165, 1.54) is 0 Å². The Labute approximate surface area is 115 Å². The fraction of sp³-hybridized carbons (Fsp3) is 0.571. The zero-order valence-corrected chi connectivity index (χ0v) is 13.7. The smallest absolute Gasteiger partial charge is 0.146 e. The summed E-state index contributed by atoms with van der Waals surface area (Å²) < 4.78 is 45.4. The highest BCUT2D eigenvalue weighted by Crippen LogP contribution is 2.27. The maximum atomic E-state index is 13.5. The van der Waals surface area contributed by atoms with Crippen LogP contribution in [0.1, 0.15) is 45.1 Å². The molecular weight excluding hydrogens is 269 g/mol. The molecule has 0 aromatic heterocycles. The summed E-state index contributed by atoms with van der Waals surface area (Å²) in [6.45, 7) is 4.11. The molecule has 5 heteroatoms. The standard InChI is InChI=1S/C14H21F3OSi/c1-3-14(4-2,18-19)7-5-6-11-12(16)8-10(15)9-13(11)17/h8-9H,3-7H2,1-2,19H3. The van der Waals surface area contributed by atoms with Crippen LogP contribution in [-0.4, -0.2) is 16.1 Å². The van der Waals surface area contributed by atoms with Crippen LogP contribution < -0.4 is 0 Å². The van der Waals surface area contributed by atoms with Gasteiger partial charge in [0, 0.05) is 17.7 Å². The van der Waals surface area contributed by atoms with E-state index < -0.39 is 17.5 Å². The molecule has 0 spiro atoms. The Hall–Kier alpha value is -0.813. The third-order valence-corrected chi connectivity index (χ3v) is 4.75. The molecule has 0 amide bonds. The minimum Gasteiger partial charge on any atom is -0.422 e. The van der Waals surface area contributed by atoms with E-state index in [4.69, 9.17) is 4.43 Å². The largest absolute Gasteiger partial charge is 0.422 e. The van der Waals surface area contributed by atoms with Crippen LogP contribution in [0, 0.1) is 17.5 Å². The Morgan fingerprint density at radius 1 is 1.11 bits per heavy atom. The third-order valence-electron chi connectivity index (χ3n) is 3.89. The zero-order valence-electron chi connectivity index (χ0n) is 11.7. The first-order valence-corrected chi connectivity index (χ1v) is 7.48. The average molecular weight is 290 g/mol. The van der Waals surface area contributed by atoms with E-state index in [0.29, 0.717) is 16.9 Å². The first-order valence-electron chi connectivity index (χ1n) is 6.66. The molecule has 0 bridgehead atoms. The highest BCUT2D eigenvalue weighted by Gasteiger charge is 2.24. The lowest BCUT2D eigenvalue weighted by Crippen LogP contribution is -2.30. The Morgan fingerprint density at radius 2 is 1.63 bits per heavy atom. The van der Waals surface area contributed by atoms with Crippen molar-refractivity contribution in [3.8, 4) is 0 Å². The van der Waals surface area contributed by atoms with Crippen molar-refractivity contribution in [2.24, 2.45) is 0 Å². The second-order valence-corrected chi connectivity index (χ2v) is 5.20. The van der Waals surface area contributed by atoms with Gasteiger partial charge in [-0.2, -0.15) is 0 Å². The van der Waals surface area contributed by atoms with Gasteiger partial charge in [0.05, 0.1) is 5.60 Å². The zero-order chi connectivity index (χ0) is 14.5. The first-order chi connectivity index (χ1) is 8.98. The van der Waals surface area contributed by atoms with Crippen LogP contribution in [-0.2, 0) is 10.8 Å². The highest BCUT2D eigenvalue weighted by atomic mass is 28.2. The number of halogens is 3. The second-order valence-electron chi connectivity index (χ2n) is 4.80. The number of hydrogen-bond donors (Lipinski definition) is 0. The van der Waals surface area contributed by atoms with Crippen molar-refractivity contribution in [3.05, 3.63) is 35.1 Å². The molecular formula is C14H21F3OSi. The molecule has 1 rings (SSSR count). The van der Waals surface area contributed by atoms with Gasteiger partial charge in [-0.3, -0.25) is 0 Å². The van der Waals surface area contributed by atoms with Gasteiger partial charge in [-0.1, -0.05) is 13.8 Å². The molecule has 0 saturated heterocycles. The molecule has 0 aliphatic carbocycles. The third kappa shape index (κ3) is 4.08. The van der Waals surface area contributed by atoms with E-state index in [-0.39, 0.29) is 17.6 Å². The van der Waals surface area contributed by atoms with Crippen LogP contribution in [0.15, 0.2) is 12.1 Å². The topological polar surface area (TPSA) is 9.23 Å². The summed E-state index contributed by atoms with van der Waals surface area (Å²) in [5, 5.41) is 0. The fourth-order valence-corrected chi connectivity index (χ4v) is 3.17. The van der Waals surface area contributed by atoms with E-state index >= 15 is 0 Å². The lowest BCUT2D eigenvalue weighted by Gasteiger charge is -2.31. The Bertz CT molecular complexity index is 388. The van der Waals surface area contributed by atoms with Gasteiger partial charge in [0.2, 0.25) is 0 Å². The summed E-state index contributed by atoms with van der Waals surface area (Å²) >= 11 is 0. The lowest BCUT2D eigenvalue weighted by molar-refractivity contribution is 0.0590. The van der Waals surface area contributed by atoms with Gasteiger partial charge in [-0.15, -0.1) is 0 Å². The predicted molar refractivity (Wildman–Crippen MR) is 73.6 cm³/mol. The molecule has 0 aliphatic rings. The molecule has 1 aromatic carbocycles. The van der Waals surface area contributed by atoms with Crippen molar-refractivity contribution in [1.82, 2.24) is 0 Å². The summed E-state index contributed by atoms with van der Waals surface area (Å²) in [4.78, 5) is 0. The molecule has 0 aliphatic heterocycles. The predicted octanol–water partition coefficient (Wildman–Crippen LogP) is 3.28. The molecule has 0 atom stereocenters. The van der Waals surface area contributed by atoms with Gasteiger partial charge in [0.15, 0.2) is 0 Å². The van der Waals surface area contributed by atoms with Crippen molar-refractivity contribution in [1.29, 1.82) is 0 Å². The quantitative estimate of drug-likeness (QED) is 0.700. The lowest BCUT2D eigenvalue weighted by atomic mass is 9.90. The Kier molecular flexibility index (Phi) is 6.07. The molecule has 0 heterocycles. The number of hydrogen-bond acceptors (Lipinski definition) is 1. The minimum atomic E-state index is -0.877. The molecule has 0 fully saturated rings. The molecule has 0 radical (unpaired) electrons. The normalized spacial score (nSPS) is 12.1. The molecule has 0 unspecified atom stereocenters. The summed E-state index contributed by atoms with van der Waals surface area (Å²) in [6, 6.07) is 1.46. The highest BCUT2D eigenvalue weighted by molar-refractivity contribution is 5.98. The Balaban J connectivity index is 2.68. The van der Waals surface area contributed by atoms with Crippen LogP contribution in [0.3, 0.4) is 0 Å².